The van der Waals surface area contributed by atoms with E-state index in [1.165, 1.54) is 0 Å². The highest BCUT2D eigenvalue weighted by molar-refractivity contribution is 6.46. The molecule has 0 radical (unpaired) electrons. The molecule has 0 spiro atoms. The van der Waals surface area contributed by atoms with Crippen molar-refractivity contribution in [1.29, 1.82) is 0 Å². The lowest BCUT2D eigenvalue weighted by atomic mass is 9.95. The van der Waals surface area contributed by atoms with Gasteiger partial charge in [-0.05, 0) is 55.1 Å². The summed E-state index contributed by atoms with van der Waals surface area (Å²) < 4.78 is 5.56. The van der Waals surface area contributed by atoms with Gasteiger partial charge in [-0.3, -0.25) is 9.59 Å². The molecule has 1 aliphatic rings. The van der Waals surface area contributed by atoms with Gasteiger partial charge in [-0.2, -0.15) is 0 Å². The van der Waals surface area contributed by atoms with E-state index in [0.29, 0.717) is 36.0 Å². The highest BCUT2D eigenvalue weighted by atomic mass is 35.5. The van der Waals surface area contributed by atoms with E-state index >= 15 is 0 Å². The molecule has 0 saturated carbocycles. The largest absolute Gasteiger partial charge is 0.507 e. The van der Waals surface area contributed by atoms with Gasteiger partial charge in [-0.1, -0.05) is 50.2 Å². The molecule has 1 saturated heterocycles. The molecule has 0 aromatic heterocycles. The minimum absolute atomic E-state index is 0.0710. The molecule has 1 atom stereocenters. The summed E-state index contributed by atoms with van der Waals surface area (Å²) in [7, 11) is 0. The number of carbonyl (C=O) groups is 2. The number of aliphatic hydroxyl groups is 1. The number of likely N-dealkylation sites (N-methyl/N-ethyl adjacent to an activating group) is 1. The van der Waals surface area contributed by atoms with E-state index in [2.05, 4.69) is 25.3 Å². The fourth-order valence-electron chi connectivity index (χ4n) is 3.91. The maximum absolute atomic E-state index is 13.1. The van der Waals surface area contributed by atoms with Crippen LogP contribution < -0.4 is 4.74 Å². The maximum Gasteiger partial charge on any atom is 0.295 e. The molecule has 2 aromatic carbocycles. The molecule has 3 rings (SSSR count). The summed E-state index contributed by atoms with van der Waals surface area (Å²) in [6.45, 7) is 10.8. The van der Waals surface area contributed by atoms with Crippen molar-refractivity contribution < 1.29 is 19.4 Å². The van der Waals surface area contributed by atoms with Crippen molar-refractivity contribution in [3.05, 3.63) is 82.9 Å². The Morgan fingerprint density at radius 3 is 2.33 bits per heavy atom. The van der Waals surface area contributed by atoms with Crippen molar-refractivity contribution in [3.8, 4) is 5.75 Å². The summed E-state index contributed by atoms with van der Waals surface area (Å²) in [5.41, 5.74) is 1.22. The number of Topliss-reactive ketones (excluding diaryl/α,β-unsaturated/α-hetero) is 1. The third kappa shape index (κ3) is 5.46. The Morgan fingerprint density at radius 2 is 1.76 bits per heavy atom. The number of aliphatic hydroxyl groups excluding tert-OH is 1. The number of benzene rings is 2. The molecule has 6 nitrogen and oxygen atoms in total. The van der Waals surface area contributed by atoms with E-state index in [0.717, 1.165) is 18.7 Å². The zero-order valence-electron chi connectivity index (χ0n) is 19.0. The third-order valence-electron chi connectivity index (χ3n) is 5.77. The Bertz CT molecular complexity index is 1030. The first-order valence-electron chi connectivity index (χ1n) is 11.0. The predicted molar refractivity (Wildman–Crippen MR) is 130 cm³/mol. The van der Waals surface area contributed by atoms with Crippen LogP contribution in [0, 0.1) is 0 Å². The van der Waals surface area contributed by atoms with Crippen molar-refractivity contribution in [2.24, 2.45) is 0 Å². The van der Waals surface area contributed by atoms with E-state index in [1.807, 2.05) is 12.1 Å². The Labute approximate surface area is 199 Å². The van der Waals surface area contributed by atoms with Crippen LogP contribution in [0.1, 0.15) is 31.0 Å². The van der Waals surface area contributed by atoms with Crippen LogP contribution in [0.5, 0.6) is 5.75 Å². The van der Waals surface area contributed by atoms with Crippen molar-refractivity contribution in [2.75, 3.05) is 32.8 Å². The lowest BCUT2D eigenvalue weighted by Gasteiger charge is -2.28. The molecule has 2 aromatic rings. The molecule has 0 bridgehead atoms. The van der Waals surface area contributed by atoms with E-state index in [4.69, 9.17) is 16.3 Å². The number of hydrogen-bond acceptors (Lipinski definition) is 5. The topological polar surface area (TPSA) is 70.1 Å². The number of carbonyl (C=O) groups excluding carboxylic acids is 2. The van der Waals surface area contributed by atoms with Crippen LogP contribution in [-0.4, -0.2) is 59.4 Å². The van der Waals surface area contributed by atoms with E-state index in [-0.39, 0.29) is 11.3 Å². The molecule has 1 aliphatic heterocycles. The molecule has 0 unspecified atom stereocenters. The van der Waals surface area contributed by atoms with Gasteiger partial charge in [-0.15, -0.1) is 0 Å². The molecule has 174 valence electrons. The van der Waals surface area contributed by atoms with Gasteiger partial charge in [0.15, 0.2) is 0 Å². The monoisotopic (exact) mass is 468 g/mol. The van der Waals surface area contributed by atoms with Crippen LogP contribution in [0.15, 0.2) is 66.8 Å². The molecule has 1 heterocycles. The van der Waals surface area contributed by atoms with Crippen molar-refractivity contribution in [1.82, 2.24) is 9.80 Å². The van der Waals surface area contributed by atoms with E-state index < -0.39 is 17.7 Å². The van der Waals surface area contributed by atoms with Crippen LogP contribution in [0.2, 0.25) is 5.02 Å². The predicted octanol–water partition coefficient (Wildman–Crippen LogP) is 4.67. The summed E-state index contributed by atoms with van der Waals surface area (Å²) >= 11 is 5.98. The van der Waals surface area contributed by atoms with Crippen LogP contribution in [0.3, 0.4) is 0 Å². The summed E-state index contributed by atoms with van der Waals surface area (Å²) in [4.78, 5) is 29.9. The molecular formula is C26H29ClN2O4. The maximum atomic E-state index is 13.1. The van der Waals surface area contributed by atoms with Gasteiger partial charge in [0, 0.05) is 23.7 Å². The summed E-state index contributed by atoms with van der Waals surface area (Å²) in [6, 6.07) is 13.0. The number of nitrogens with zero attached hydrogens (tertiary/aromatic N) is 2. The number of amides is 1. The molecule has 1 fully saturated rings. The van der Waals surface area contributed by atoms with Gasteiger partial charge in [0.25, 0.3) is 11.7 Å². The normalized spacial score (nSPS) is 17.6. The SMILES string of the molecule is C=CCOc1ccc([C@H]2C(=C(O)c3ccc(Cl)cc3)C(=O)C(=O)N2CCN(CC)CC)cc1. The van der Waals surface area contributed by atoms with Crippen molar-refractivity contribution >= 4 is 29.1 Å². The first-order valence-corrected chi connectivity index (χ1v) is 11.4. The Hall–Kier alpha value is -3.09. The number of ether oxygens (including phenoxy) is 1. The number of halogens is 1. The van der Waals surface area contributed by atoms with Crippen LogP contribution in [-0.2, 0) is 9.59 Å². The number of rotatable bonds is 10. The summed E-state index contributed by atoms with van der Waals surface area (Å²) in [5.74, 6) is -0.877. The highest BCUT2D eigenvalue weighted by Gasteiger charge is 2.45. The van der Waals surface area contributed by atoms with Gasteiger partial charge >= 0.3 is 0 Å². The average molecular weight is 469 g/mol. The van der Waals surface area contributed by atoms with E-state index in [9.17, 15) is 14.7 Å². The fraction of sp³-hybridized carbons (Fsp3) is 0.308. The van der Waals surface area contributed by atoms with Crippen LogP contribution in [0.4, 0.5) is 0 Å². The lowest BCUT2D eigenvalue weighted by molar-refractivity contribution is -0.140. The first kappa shape index (κ1) is 24.6. The van der Waals surface area contributed by atoms with Gasteiger partial charge in [0.2, 0.25) is 0 Å². The fourth-order valence-corrected chi connectivity index (χ4v) is 4.04. The quantitative estimate of drug-likeness (QED) is 0.237. The molecule has 7 heteroatoms. The van der Waals surface area contributed by atoms with Crippen LogP contribution in [0.25, 0.3) is 5.76 Å². The molecule has 33 heavy (non-hydrogen) atoms. The van der Waals surface area contributed by atoms with Crippen LogP contribution >= 0.6 is 11.6 Å². The number of likely N-dealkylation sites (tertiary alicyclic amines) is 1. The average Bonchev–Trinajstić information content (AvgIpc) is 3.08. The molecule has 1 N–H and O–H groups in total. The zero-order chi connectivity index (χ0) is 24.0. The van der Waals surface area contributed by atoms with Gasteiger partial charge in [0.1, 0.15) is 18.1 Å². The summed E-state index contributed by atoms with van der Waals surface area (Å²) in [6.07, 6.45) is 1.65. The second-order valence-corrected chi connectivity index (χ2v) is 8.13. The minimum atomic E-state index is -0.704. The van der Waals surface area contributed by atoms with Gasteiger partial charge in [-0.25, -0.2) is 0 Å². The lowest BCUT2D eigenvalue weighted by Crippen LogP contribution is -2.38. The van der Waals surface area contributed by atoms with Gasteiger partial charge in [0.05, 0.1) is 11.6 Å². The smallest absolute Gasteiger partial charge is 0.295 e. The standard InChI is InChI=1S/C26H29ClN2O4/c1-4-17-33-21-13-9-18(10-14-21)23-22(24(30)19-7-11-20(27)12-8-19)25(31)26(32)29(23)16-15-28(5-2)6-3/h4,7-14,23,30H,1,5-6,15-17H2,2-3H3/t23-/m0/s1. The van der Waals surface area contributed by atoms with E-state index in [1.54, 1.807) is 47.4 Å². The van der Waals surface area contributed by atoms with Crippen molar-refractivity contribution in [3.63, 3.8) is 0 Å². The Kier molecular flexibility index (Phi) is 8.31. The molecule has 1 amide bonds. The Morgan fingerprint density at radius 1 is 1.12 bits per heavy atom. The minimum Gasteiger partial charge on any atom is -0.507 e. The molecular weight excluding hydrogens is 440 g/mol. The second-order valence-electron chi connectivity index (χ2n) is 7.69. The van der Waals surface area contributed by atoms with Crippen molar-refractivity contribution in [2.45, 2.75) is 19.9 Å². The Balaban J connectivity index is 2.05. The number of hydrogen-bond donors (Lipinski definition) is 1. The number of ketones is 1. The highest BCUT2D eigenvalue weighted by Crippen LogP contribution is 2.39. The first-order chi connectivity index (χ1) is 15.9. The molecule has 0 aliphatic carbocycles. The zero-order valence-corrected chi connectivity index (χ0v) is 19.7. The van der Waals surface area contributed by atoms with Gasteiger partial charge < -0.3 is 19.6 Å². The second kappa shape index (κ2) is 11.2. The summed E-state index contributed by atoms with van der Waals surface area (Å²) in [5, 5.41) is 11.6. The third-order valence-corrected chi connectivity index (χ3v) is 6.02.